The minimum absolute atomic E-state index is 0.0332. The van der Waals surface area contributed by atoms with Gasteiger partial charge in [0.25, 0.3) is 0 Å². The molecule has 28 heavy (non-hydrogen) atoms. The van der Waals surface area contributed by atoms with E-state index in [-0.39, 0.29) is 41.3 Å². The zero-order valence-corrected chi connectivity index (χ0v) is 17.0. The van der Waals surface area contributed by atoms with Gasteiger partial charge in [-0.05, 0) is 52.7 Å². The standard InChI is InChI=1S/C21H29N5O2/c1-20(2)10-14(11-21(3,4)25-20)22-19(28)13-9-17(27)26(12-13)18-15-7-5-6-8-16(15)23-24-18/h5-8,13-14,25H,9-12H2,1-4H3,(H,22,28)(H,23,24)/t13-/m0/s1. The number of fused-ring (bicyclic) bond motifs is 1. The van der Waals surface area contributed by atoms with Crippen LogP contribution < -0.4 is 15.5 Å². The summed E-state index contributed by atoms with van der Waals surface area (Å²) in [6, 6.07) is 7.82. The highest BCUT2D eigenvalue weighted by Gasteiger charge is 2.41. The number of aromatic nitrogens is 2. The van der Waals surface area contributed by atoms with E-state index in [0.717, 1.165) is 23.7 Å². The molecule has 0 radical (unpaired) electrons. The smallest absolute Gasteiger partial charge is 0.229 e. The van der Waals surface area contributed by atoms with E-state index in [1.165, 1.54) is 0 Å². The summed E-state index contributed by atoms with van der Waals surface area (Å²) < 4.78 is 0. The van der Waals surface area contributed by atoms with Gasteiger partial charge in [0.1, 0.15) is 0 Å². The number of hydrogen-bond acceptors (Lipinski definition) is 4. The molecule has 0 unspecified atom stereocenters. The predicted molar refractivity (Wildman–Crippen MR) is 109 cm³/mol. The minimum Gasteiger partial charge on any atom is -0.353 e. The number of H-pyrrole nitrogens is 1. The van der Waals surface area contributed by atoms with E-state index in [4.69, 9.17) is 0 Å². The molecule has 3 heterocycles. The molecule has 0 bridgehead atoms. The van der Waals surface area contributed by atoms with Crippen molar-refractivity contribution in [1.82, 2.24) is 20.8 Å². The molecule has 2 aliphatic rings. The number of nitrogens with zero attached hydrogens (tertiary/aromatic N) is 2. The molecule has 7 nitrogen and oxygen atoms in total. The van der Waals surface area contributed by atoms with Gasteiger partial charge in [-0.1, -0.05) is 12.1 Å². The first-order valence-corrected chi connectivity index (χ1v) is 9.97. The van der Waals surface area contributed by atoms with E-state index in [9.17, 15) is 9.59 Å². The van der Waals surface area contributed by atoms with Crippen molar-refractivity contribution in [2.45, 2.75) is 64.1 Å². The van der Waals surface area contributed by atoms with Gasteiger partial charge in [0.15, 0.2) is 5.82 Å². The second kappa shape index (κ2) is 6.58. The van der Waals surface area contributed by atoms with Crippen molar-refractivity contribution in [3.8, 4) is 0 Å². The number of hydrogen-bond donors (Lipinski definition) is 3. The number of piperidine rings is 1. The molecule has 1 aromatic carbocycles. The fraction of sp³-hybridized carbons (Fsp3) is 0.571. The molecule has 7 heteroatoms. The van der Waals surface area contributed by atoms with Crippen molar-refractivity contribution >= 4 is 28.5 Å². The summed E-state index contributed by atoms with van der Waals surface area (Å²) in [5, 5.41) is 15.0. The van der Waals surface area contributed by atoms with Crippen molar-refractivity contribution in [2.75, 3.05) is 11.4 Å². The first kappa shape index (κ1) is 18.9. The fourth-order valence-electron chi connectivity index (χ4n) is 4.99. The monoisotopic (exact) mass is 383 g/mol. The van der Waals surface area contributed by atoms with Crippen LogP contribution >= 0.6 is 0 Å². The van der Waals surface area contributed by atoms with E-state index in [2.05, 4.69) is 48.5 Å². The van der Waals surface area contributed by atoms with Crippen LogP contribution in [-0.2, 0) is 9.59 Å². The second-order valence-electron chi connectivity index (χ2n) is 9.50. The van der Waals surface area contributed by atoms with Crippen LogP contribution in [0.5, 0.6) is 0 Å². The van der Waals surface area contributed by atoms with E-state index in [0.29, 0.717) is 12.4 Å². The van der Waals surface area contributed by atoms with Crippen LogP contribution in [0.25, 0.3) is 10.9 Å². The van der Waals surface area contributed by atoms with Gasteiger partial charge in [-0.15, -0.1) is 0 Å². The van der Waals surface area contributed by atoms with Crippen LogP contribution in [0, 0.1) is 5.92 Å². The summed E-state index contributed by atoms with van der Waals surface area (Å²) in [6.07, 6.45) is 1.97. The van der Waals surface area contributed by atoms with Gasteiger partial charge in [0.05, 0.1) is 11.4 Å². The number of carbonyl (C=O) groups excluding carboxylic acids is 2. The maximum Gasteiger partial charge on any atom is 0.229 e. The van der Waals surface area contributed by atoms with E-state index >= 15 is 0 Å². The third-order valence-corrected chi connectivity index (χ3v) is 5.74. The van der Waals surface area contributed by atoms with E-state index in [1.807, 2.05) is 24.3 Å². The topological polar surface area (TPSA) is 90.1 Å². The molecule has 2 fully saturated rings. The Morgan fingerprint density at radius 2 is 1.86 bits per heavy atom. The number of para-hydroxylation sites is 1. The summed E-state index contributed by atoms with van der Waals surface area (Å²) >= 11 is 0. The molecule has 1 aromatic heterocycles. The van der Waals surface area contributed by atoms with E-state index in [1.54, 1.807) is 4.90 Å². The normalized spacial score (nSPS) is 24.6. The first-order chi connectivity index (χ1) is 13.1. The molecule has 2 aliphatic heterocycles. The summed E-state index contributed by atoms with van der Waals surface area (Å²) in [5.74, 6) is 0.182. The zero-order chi connectivity index (χ0) is 20.1. The summed E-state index contributed by atoms with van der Waals surface area (Å²) in [6.45, 7) is 9.03. The Balaban J connectivity index is 1.46. The molecule has 150 valence electrons. The van der Waals surface area contributed by atoms with Gasteiger partial charge in [-0.25, -0.2) is 0 Å². The van der Waals surface area contributed by atoms with Crippen LogP contribution in [0.3, 0.4) is 0 Å². The molecule has 3 N–H and O–H groups in total. The number of carbonyl (C=O) groups is 2. The van der Waals surface area contributed by atoms with Crippen molar-refractivity contribution < 1.29 is 9.59 Å². The Kier molecular flexibility index (Phi) is 4.45. The van der Waals surface area contributed by atoms with Gasteiger partial charge in [0.2, 0.25) is 11.8 Å². The van der Waals surface area contributed by atoms with Crippen LogP contribution in [0.15, 0.2) is 24.3 Å². The third-order valence-electron chi connectivity index (χ3n) is 5.74. The Morgan fingerprint density at radius 1 is 1.18 bits per heavy atom. The lowest BCUT2D eigenvalue weighted by Crippen LogP contribution is -2.62. The Bertz CT molecular complexity index is 900. The summed E-state index contributed by atoms with van der Waals surface area (Å²) in [5.41, 5.74) is 0.813. The number of benzene rings is 1. The van der Waals surface area contributed by atoms with E-state index < -0.39 is 0 Å². The fourth-order valence-corrected chi connectivity index (χ4v) is 4.99. The minimum atomic E-state index is -0.343. The second-order valence-corrected chi connectivity index (χ2v) is 9.50. The highest BCUT2D eigenvalue weighted by Crippen LogP contribution is 2.31. The van der Waals surface area contributed by atoms with Crippen molar-refractivity contribution in [3.63, 3.8) is 0 Å². The van der Waals surface area contributed by atoms with Crippen LogP contribution in [0.4, 0.5) is 5.82 Å². The maximum atomic E-state index is 12.9. The quantitative estimate of drug-likeness (QED) is 0.759. The van der Waals surface area contributed by atoms with Crippen molar-refractivity contribution in [1.29, 1.82) is 0 Å². The maximum absolute atomic E-state index is 12.9. The Labute approximate surface area is 165 Å². The molecule has 0 saturated carbocycles. The highest BCUT2D eigenvalue weighted by molar-refractivity contribution is 6.05. The number of amides is 2. The van der Waals surface area contributed by atoms with Crippen LogP contribution in [0.1, 0.15) is 47.0 Å². The summed E-state index contributed by atoms with van der Waals surface area (Å²) in [4.78, 5) is 27.2. The molecule has 0 aliphatic carbocycles. The number of nitrogens with one attached hydrogen (secondary N) is 3. The van der Waals surface area contributed by atoms with Crippen LogP contribution in [-0.4, -0.2) is 45.7 Å². The molecule has 2 amide bonds. The van der Waals surface area contributed by atoms with Gasteiger partial charge < -0.3 is 10.6 Å². The number of aromatic amines is 1. The molecular formula is C21H29N5O2. The summed E-state index contributed by atoms with van der Waals surface area (Å²) in [7, 11) is 0. The lowest BCUT2D eigenvalue weighted by Gasteiger charge is -2.46. The van der Waals surface area contributed by atoms with Crippen molar-refractivity contribution in [2.24, 2.45) is 5.92 Å². The predicted octanol–water partition coefficient (Wildman–Crippen LogP) is 2.34. The molecule has 2 aromatic rings. The molecule has 2 saturated heterocycles. The number of rotatable bonds is 3. The molecular weight excluding hydrogens is 354 g/mol. The average molecular weight is 383 g/mol. The zero-order valence-electron chi connectivity index (χ0n) is 17.0. The molecule has 0 spiro atoms. The van der Waals surface area contributed by atoms with Gasteiger partial charge >= 0.3 is 0 Å². The molecule has 1 atom stereocenters. The largest absolute Gasteiger partial charge is 0.353 e. The first-order valence-electron chi connectivity index (χ1n) is 9.97. The van der Waals surface area contributed by atoms with Gasteiger partial charge in [-0.2, -0.15) is 5.10 Å². The Hall–Kier alpha value is -2.41. The van der Waals surface area contributed by atoms with Crippen molar-refractivity contribution in [3.05, 3.63) is 24.3 Å². The SMILES string of the molecule is CC1(C)CC(NC(=O)[C@H]2CC(=O)N(c3n[nH]c4ccccc34)C2)CC(C)(C)N1. The molecule has 4 rings (SSSR count). The lowest BCUT2D eigenvalue weighted by atomic mass is 9.79. The lowest BCUT2D eigenvalue weighted by molar-refractivity contribution is -0.127. The van der Waals surface area contributed by atoms with Gasteiger partial charge in [0, 0.05) is 35.5 Å². The van der Waals surface area contributed by atoms with Gasteiger partial charge in [-0.3, -0.25) is 19.6 Å². The third kappa shape index (κ3) is 3.63. The van der Waals surface area contributed by atoms with Crippen LogP contribution in [0.2, 0.25) is 0 Å². The average Bonchev–Trinajstić information content (AvgIpc) is 3.15. The number of anilines is 1. The highest BCUT2D eigenvalue weighted by atomic mass is 16.2. The Morgan fingerprint density at radius 3 is 2.57 bits per heavy atom.